The lowest BCUT2D eigenvalue weighted by Crippen LogP contribution is -2.22. The van der Waals surface area contributed by atoms with E-state index in [-0.39, 0.29) is 17.9 Å². The molecular formula is C19H19F2NO4. The molecule has 0 aromatic heterocycles. The summed E-state index contributed by atoms with van der Waals surface area (Å²) in [5.74, 6) is -1.37. The maximum Gasteiger partial charge on any atom is 0.387 e. The van der Waals surface area contributed by atoms with E-state index in [9.17, 15) is 18.4 Å². The zero-order valence-electron chi connectivity index (χ0n) is 14.4. The van der Waals surface area contributed by atoms with Crippen LogP contribution in [0, 0.1) is 13.8 Å². The van der Waals surface area contributed by atoms with Crippen LogP contribution in [0.1, 0.15) is 16.7 Å². The number of esters is 1. The van der Waals surface area contributed by atoms with E-state index >= 15 is 0 Å². The first kappa shape index (κ1) is 19.4. The molecule has 0 aliphatic rings. The molecule has 0 aliphatic heterocycles. The number of benzene rings is 2. The molecule has 2 aromatic carbocycles. The molecule has 1 N–H and O–H groups in total. The Hall–Kier alpha value is -2.96. The van der Waals surface area contributed by atoms with Crippen molar-refractivity contribution >= 4 is 17.6 Å². The van der Waals surface area contributed by atoms with Crippen molar-refractivity contribution < 1.29 is 27.8 Å². The van der Waals surface area contributed by atoms with Crippen LogP contribution in [0.25, 0.3) is 0 Å². The topological polar surface area (TPSA) is 64.6 Å². The highest BCUT2D eigenvalue weighted by Crippen LogP contribution is 2.25. The molecule has 0 bridgehead atoms. The zero-order valence-corrected chi connectivity index (χ0v) is 14.4. The number of ether oxygens (including phenoxy) is 2. The summed E-state index contributed by atoms with van der Waals surface area (Å²) in [6.45, 7) is 0.379. The number of carbonyl (C=O) groups excluding carboxylic acids is 2. The van der Waals surface area contributed by atoms with Gasteiger partial charge >= 0.3 is 12.6 Å². The van der Waals surface area contributed by atoms with Crippen LogP contribution in [-0.4, -0.2) is 25.1 Å². The number of amides is 1. The molecule has 2 aromatic rings. The van der Waals surface area contributed by atoms with Gasteiger partial charge in [0, 0.05) is 0 Å². The van der Waals surface area contributed by atoms with Gasteiger partial charge in [0.15, 0.2) is 6.61 Å². The van der Waals surface area contributed by atoms with Crippen LogP contribution in [0.4, 0.5) is 14.5 Å². The lowest BCUT2D eigenvalue weighted by atomic mass is 10.0. The van der Waals surface area contributed by atoms with E-state index in [0.29, 0.717) is 0 Å². The van der Waals surface area contributed by atoms with E-state index in [0.717, 1.165) is 16.7 Å². The van der Waals surface area contributed by atoms with Gasteiger partial charge in [0.25, 0.3) is 5.91 Å². The molecule has 0 aliphatic carbocycles. The van der Waals surface area contributed by atoms with E-state index in [1.165, 1.54) is 18.2 Å². The Morgan fingerprint density at radius 3 is 2.50 bits per heavy atom. The van der Waals surface area contributed by atoms with Crippen molar-refractivity contribution in [3.05, 3.63) is 59.2 Å². The molecule has 0 radical (unpaired) electrons. The molecule has 5 nitrogen and oxygen atoms in total. The first-order valence-corrected chi connectivity index (χ1v) is 7.90. The third-order valence-corrected chi connectivity index (χ3v) is 3.66. The number of anilines is 1. The van der Waals surface area contributed by atoms with Crippen LogP contribution in [-0.2, 0) is 20.7 Å². The van der Waals surface area contributed by atoms with Crippen LogP contribution in [0.15, 0.2) is 42.5 Å². The van der Waals surface area contributed by atoms with Gasteiger partial charge in [0.2, 0.25) is 0 Å². The predicted octanol–water partition coefficient (Wildman–Crippen LogP) is 3.63. The molecule has 0 atom stereocenters. The fraction of sp³-hybridized carbons (Fsp3) is 0.263. The van der Waals surface area contributed by atoms with Gasteiger partial charge in [-0.05, 0) is 42.7 Å². The van der Waals surface area contributed by atoms with Crippen LogP contribution in [0.3, 0.4) is 0 Å². The second-order valence-electron chi connectivity index (χ2n) is 5.68. The molecule has 0 saturated heterocycles. The van der Waals surface area contributed by atoms with E-state index in [4.69, 9.17) is 4.74 Å². The maximum atomic E-state index is 12.3. The average molecular weight is 363 g/mol. The van der Waals surface area contributed by atoms with Crippen LogP contribution >= 0.6 is 0 Å². The summed E-state index contributed by atoms with van der Waals surface area (Å²) < 4.78 is 33.9. The number of aryl methyl sites for hydroxylation is 2. The molecular weight excluding hydrogens is 344 g/mol. The van der Waals surface area contributed by atoms with Crippen LogP contribution < -0.4 is 10.1 Å². The Balaban J connectivity index is 1.86. The fourth-order valence-electron chi connectivity index (χ4n) is 2.23. The normalized spacial score (nSPS) is 10.5. The summed E-state index contributed by atoms with van der Waals surface area (Å²) in [5.41, 5.74) is 3.03. The van der Waals surface area contributed by atoms with Gasteiger partial charge in [-0.15, -0.1) is 0 Å². The third kappa shape index (κ3) is 5.84. The maximum absolute atomic E-state index is 12.3. The second kappa shape index (κ2) is 8.94. The monoisotopic (exact) mass is 363 g/mol. The molecule has 2 rings (SSSR count). The number of rotatable bonds is 7. The van der Waals surface area contributed by atoms with Gasteiger partial charge in [-0.2, -0.15) is 8.78 Å². The number of para-hydroxylation sites is 2. The Labute approximate surface area is 149 Å². The number of halogens is 2. The van der Waals surface area contributed by atoms with Gasteiger partial charge in [-0.3, -0.25) is 9.59 Å². The van der Waals surface area contributed by atoms with Gasteiger partial charge in [-0.1, -0.05) is 30.3 Å². The molecule has 26 heavy (non-hydrogen) atoms. The standard InChI is InChI=1S/C19H19F2NO4/c1-12-7-8-14(9-13(12)2)10-18(24)25-11-17(23)22-15-5-3-4-6-16(15)26-19(20)21/h3-9,19H,10-11H2,1-2H3,(H,22,23). The van der Waals surface area contributed by atoms with Crippen molar-refractivity contribution in [2.45, 2.75) is 26.9 Å². The Bertz CT molecular complexity index is 793. The van der Waals surface area contributed by atoms with Crippen molar-refractivity contribution in [3.63, 3.8) is 0 Å². The molecule has 0 heterocycles. The smallest absolute Gasteiger partial charge is 0.387 e. The molecule has 138 valence electrons. The summed E-state index contributed by atoms with van der Waals surface area (Å²) in [6.07, 6.45) is 0.0412. The first-order valence-electron chi connectivity index (χ1n) is 7.90. The second-order valence-corrected chi connectivity index (χ2v) is 5.68. The van der Waals surface area contributed by atoms with E-state index in [1.807, 2.05) is 32.0 Å². The van der Waals surface area contributed by atoms with Gasteiger partial charge in [0.05, 0.1) is 12.1 Å². The summed E-state index contributed by atoms with van der Waals surface area (Å²) in [6, 6.07) is 11.4. The van der Waals surface area contributed by atoms with Crippen LogP contribution in [0.5, 0.6) is 5.75 Å². The number of alkyl halides is 2. The summed E-state index contributed by atoms with van der Waals surface area (Å²) >= 11 is 0. The van der Waals surface area contributed by atoms with Crippen molar-refractivity contribution in [1.82, 2.24) is 0 Å². The molecule has 0 spiro atoms. The predicted molar refractivity (Wildman–Crippen MR) is 92.3 cm³/mol. The Kier molecular flexibility index (Phi) is 6.66. The SMILES string of the molecule is Cc1ccc(CC(=O)OCC(=O)Nc2ccccc2OC(F)F)cc1C. The lowest BCUT2D eigenvalue weighted by molar-refractivity contribution is -0.146. The quantitative estimate of drug-likeness (QED) is 0.763. The van der Waals surface area contributed by atoms with E-state index < -0.39 is 25.1 Å². The van der Waals surface area contributed by atoms with Crippen molar-refractivity contribution in [2.24, 2.45) is 0 Å². The fourth-order valence-corrected chi connectivity index (χ4v) is 2.23. The molecule has 0 fully saturated rings. The Morgan fingerprint density at radius 1 is 1.08 bits per heavy atom. The Morgan fingerprint density at radius 2 is 1.81 bits per heavy atom. The van der Waals surface area contributed by atoms with Gasteiger partial charge in [0.1, 0.15) is 5.75 Å². The van der Waals surface area contributed by atoms with Gasteiger partial charge < -0.3 is 14.8 Å². The van der Waals surface area contributed by atoms with Gasteiger partial charge in [-0.25, -0.2) is 0 Å². The van der Waals surface area contributed by atoms with Crippen LogP contribution in [0.2, 0.25) is 0 Å². The van der Waals surface area contributed by atoms with Crippen molar-refractivity contribution in [1.29, 1.82) is 0 Å². The molecule has 1 amide bonds. The third-order valence-electron chi connectivity index (χ3n) is 3.66. The molecule has 7 heteroatoms. The number of hydrogen-bond donors (Lipinski definition) is 1. The van der Waals surface area contributed by atoms with E-state index in [2.05, 4.69) is 10.1 Å². The zero-order chi connectivity index (χ0) is 19.1. The number of hydrogen-bond acceptors (Lipinski definition) is 4. The summed E-state index contributed by atoms with van der Waals surface area (Å²) in [5, 5.41) is 2.38. The largest absolute Gasteiger partial charge is 0.455 e. The minimum atomic E-state index is -3.01. The summed E-state index contributed by atoms with van der Waals surface area (Å²) in [7, 11) is 0. The summed E-state index contributed by atoms with van der Waals surface area (Å²) in [4.78, 5) is 23.7. The van der Waals surface area contributed by atoms with Crippen molar-refractivity contribution in [3.8, 4) is 5.75 Å². The minimum absolute atomic E-state index is 0.0412. The number of nitrogens with one attached hydrogen (secondary N) is 1. The minimum Gasteiger partial charge on any atom is -0.455 e. The highest BCUT2D eigenvalue weighted by atomic mass is 19.3. The first-order chi connectivity index (χ1) is 12.3. The molecule has 0 unspecified atom stereocenters. The van der Waals surface area contributed by atoms with Crippen molar-refractivity contribution in [2.75, 3.05) is 11.9 Å². The molecule has 0 saturated carbocycles. The lowest BCUT2D eigenvalue weighted by Gasteiger charge is -2.12. The highest BCUT2D eigenvalue weighted by Gasteiger charge is 2.13. The van der Waals surface area contributed by atoms with E-state index in [1.54, 1.807) is 6.07 Å². The number of carbonyl (C=O) groups is 2. The highest BCUT2D eigenvalue weighted by molar-refractivity contribution is 5.94. The average Bonchev–Trinajstić information content (AvgIpc) is 2.58.